The predicted molar refractivity (Wildman–Crippen MR) is 76.0 cm³/mol. The van der Waals surface area contributed by atoms with Gasteiger partial charge in [0.05, 0.1) is 18.5 Å². The summed E-state index contributed by atoms with van der Waals surface area (Å²) in [6.45, 7) is 2.75. The molecule has 0 atom stereocenters. The lowest BCUT2D eigenvalue weighted by Crippen LogP contribution is -2.01. The molecule has 0 amide bonds. The summed E-state index contributed by atoms with van der Waals surface area (Å²) < 4.78 is 8.06. The van der Waals surface area contributed by atoms with Gasteiger partial charge >= 0.3 is 0 Å². The Morgan fingerprint density at radius 2 is 2.22 bits per heavy atom. The number of rotatable bonds is 4. The number of nitrogens with one attached hydrogen (secondary N) is 1. The molecule has 0 saturated carbocycles. The van der Waals surface area contributed by atoms with Crippen molar-refractivity contribution in [2.75, 3.05) is 12.4 Å². The Morgan fingerprint density at radius 1 is 1.44 bits per heavy atom. The Balaban J connectivity index is 2.12. The SMILES string of the molecule is COc1ccc(Br)c(NCc2cn(C)nc2C)c1. The van der Waals surface area contributed by atoms with Gasteiger partial charge in [-0.1, -0.05) is 0 Å². The maximum Gasteiger partial charge on any atom is 0.121 e. The normalized spacial score (nSPS) is 10.4. The summed E-state index contributed by atoms with van der Waals surface area (Å²) in [6.07, 6.45) is 2.02. The molecule has 1 heterocycles. The summed E-state index contributed by atoms with van der Waals surface area (Å²) in [5, 5.41) is 7.70. The molecule has 96 valence electrons. The van der Waals surface area contributed by atoms with E-state index in [2.05, 4.69) is 26.3 Å². The van der Waals surface area contributed by atoms with Crippen LogP contribution in [0, 0.1) is 6.92 Å². The zero-order valence-corrected chi connectivity index (χ0v) is 12.3. The molecule has 2 rings (SSSR count). The lowest BCUT2D eigenvalue weighted by atomic mass is 10.2. The lowest BCUT2D eigenvalue weighted by Gasteiger charge is -2.09. The van der Waals surface area contributed by atoms with E-state index in [0.29, 0.717) is 0 Å². The number of aromatic nitrogens is 2. The molecule has 2 aromatic rings. The van der Waals surface area contributed by atoms with Crippen LogP contribution in [0.3, 0.4) is 0 Å². The van der Waals surface area contributed by atoms with Crippen molar-refractivity contribution in [1.82, 2.24) is 9.78 Å². The molecule has 5 heteroatoms. The van der Waals surface area contributed by atoms with Crippen LogP contribution in [-0.2, 0) is 13.6 Å². The number of benzene rings is 1. The zero-order valence-electron chi connectivity index (χ0n) is 10.7. The van der Waals surface area contributed by atoms with Crippen LogP contribution < -0.4 is 10.1 Å². The van der Waals surface area contributed by atoms with Crippen LogP contribution in [0.25, 0.3) is 0 Å². The van der Waals surface area contributed by atoms with Crippen molar-refractivity contribution in [3.05, 3.63) is 40.1 Å². The van der Waals surface area contributed by atoms with E-state index in [-0.39, 0.29) is 0 Å². The molecular weight excluding hydrogens is 294 g/mol. The zero-order chi connectivity index (χ0) is 13.1. The highest BCUT2D eigenvalue weighted by Gasteiger charge is 2.05. The highest BCUT2D eigenvalue weighted by Crippen LogP contribution is 2.27. The fourth-order valence-corrected chi connectivity index (χ4v) is 2.17. The van der Waals surface area contributed by atoms with Crippen LogP contribution in [0.5, 0.6) is 5.75 Å². The molecule has 1 aromatic heterocycles. The molecular formula is C13H16BrN3O. The topological polar surface area (TPSA) is 39.1 Å². The third-order valence-electron chi connectivity index (χ3n) is 2.76. The number of anilines is 1. The maximum absolute atomic E-state index is 5.21. The standard InChI is InChI=1S/C13H16BrN3O/c1-9-10(8-17(2)16-9)7-15-13-6-11(18-3)4-5-12(13)14/h4-6,8,15H,7H2,1-3H3. The Morgan fingerprint density at radius 3 is 2.83 bits per heavy atom. The molecule has 4 nitrogen and oxygen atoms in total. The lowest BCUT2D eigenvalue weighted by molar-refractivity contribution is 0.415. The third kappa shape index (κ3) is 2.85. The molecule has 0 radical (unpaired) electrons. The van der Waals surface area contributed by atoms with E-state index in [1.54, 1.807) is 7.11 Å². The van der Waals surface area contributed by atoms with Crippen molar-refractivity contribution in [3.63, 3.8) is 0 Å². The summed E-state index contributed by atoms with van der Waals surface area (Å²) in [5.74, 6) is 0.837. The first kappa shape index (κ1) is 13.0. The average Bonchev–Trinajstić information content (AvgIpc) is 2.67. The average molecular weight is 310 g/mol. The van der Waals surface area contributed by atoms with Gasteiger partial charge in [0.25, 0.3) is 0 Å². The molecule has 18 heavy (non-hydrogen) atoms. The smallest absolute Gasteiger partial charge is 0.121 e. The van der Waals surface area contributed by atoms with E-state index in [0.717, 1.165) is 28.1 Å². The van der Waals surface area contributed by atoms with Gasteiger partial charge in [-0.3, -0.25) is 4.68 Å². The molecule has 0 unspecified atom stereocenters. The minimum absolute atomic E-state index is 0.742. The molecule has 0 aliphatic rings. The van der Waals surface area contributed by atoms with Crippen molar-refractivity contribution in [3.8, 4) is 5.75 Å². The van der Waals surface area contributed by atoms with Crippen LogP contribution in [-0.4, -0.2) is 16.9 Å². The predicted octanol–water partition coefficient (Wildman–Crippen LogP) is 3.11. The van der Waals surface area contributed by atoms with Gasteiger partial charge in [0.1, 0.15) is 5.75 Å². The van der Waals surface area contributed by atoms with Gasteiger partial charge in [-0.2, -0.15) is 5.10 Å². The van der Waals surface area contributed by atoms with Gasteiger partial charge in [0.2, 0.25) is 0 Å². The fourth-order valence-electron chi connectivity index (χ4n) is 1.78. The van der Waals surface area contributed by atoms with E-state index >= 15 is 0 Å². The van der Waals surface area contributed by atoms with E-state index in [1.165, 1.54) is 5.56 Å². The van der Waals surface area contributed by atoms with Crippen LogP contribution in [0.4, 0.5) is 5.69 Å². The summed E-state index contributed by atoms with van der Waals surface area (Å²) in [4.78, 5) is 0. The monoisotopic (exact) mass is 309 g/mol. The van der Waals surface area contributed by atoms with Crippen LogP contribution in [0.1, 0.15) is 11.3 Å². The first-order valence-corrected chi connectivity index (χ1v) is 6.46. The van der Waals surface area contributed by atoms with Gasteiger partial charge in [-0.05, 0) is 35.0 Å². The molecule has 1 aromatic carbocycles. The molecule has 0 aliphatic heterocycles. The molecule has 0 saturated heterocycles. The van der Waals surface area contributed by atoms with E-state index in [9.17, 15) is 0 Å². The van der Waals surface area contributed by atoms with Gasteiger partial charge < -0.3 is 10.1 Å². The number of ether oxygens (including phenoxy) is 1. The Hall–Kier alpha value is -1.49. The first-order valence-electron chi connectivity index (χ1n) is 5.66. The third-order valence-corrected chi connectivity index (χ3v) is 3.45. The van der Waals surface area contributed by atoms with E-state index < -0.39 is 0 Å². The quantitative estimate of drug-likeness (QED) is 0.943. The van der Waals surface area contributed by atoms with Gasteiger partial charge in [-0.15, -0.1) is 0 Å². The molecule has 0 fully saturated rings. The van der Waals surface area contributed by atoms with Gasteiger partial charge in [0, 0.05) is 35.9 Å². The number of halogens is 1. The second-order valence-corrected chi connectivity index (χ2v) is 4.97. The van der Waals surface area contributed by atoms with E-state index in [1.807, 2.05) is 43.0 Å². The number of aryl methyl sites for hydroxylation is 2. The van der Waals surface area contributed by atoms with Crippen LogP contribution in [0.2, 0.25) is 0 Å². The number of hydrogen-bond donors (Lipinski definition) is 1. The molecule has 1 N–H and O–H groups in total. The minimum Gasteiger partial charge on any atom is -0.497 e. The molecule has 0 spiro atoms. The fraction of sp³-hybridized carbons (Fsp3) is 0.308. The molecule has 0 bridgehead atoms. The van der Waals surface area contributed by atoms with Crippen molar-refractivity contribution >= 4 is 21.6 Å². The van der Waals surface area contributed by atoms with Crippen LogP contribution in [0.15, 0.2) is 28.9 Å². The summed E-state index contributed by atoms with van der Waals surface area (Å²) in [7, 11) is 3.59. The van der Waals surface area contributed by atoms with Crippen molar-refractivity contribution in [1.29, 1.82) is 0 Å². The van der Waals surface area contributed by atoms with Gasteiger partial charge in [-0.25, -0.2) is 0 Å². The first-order chi connectivity index (χ1) is 8.60. The largest absolute Gasteiger partial charge is 0.497 e. The van der Waals surface area contributed by atoms with Crippen molar-refractivity contribution < 1.29 is 4.74 Å². The second-order valence-electron chi connectivity index (χ2n) is 4.11. The highest BCUT2D eigenvalue weighted by atomic mass is 79.9. The Bertz CT molecular complexity index is 551. The minimum atomic E-state index is 0.742. The van der Waals surface area contributed by atoms with Crippen LogP contribution >= 0.6 is 15.9 Å². The van der Waals surface area contributed by atoms with Crippen molar-refractivity contribution in [2.45, 2.75) is 13.5 Å². The number of methoxy groups -OCH3 is 1. The highest BCUT2D eigenvalue weighted by molar-refractivity contribution is 9.10. The number of nitrogens with zero attached hydrogens (tertiary/aromatic N) is 2. The van der Waals surface area contributed by atoms with E-state index in [4.69, 9.17) is 4.74 Å². The summed E-state index contributed by atoms with van der Waals surface area (Å²) in [6, 6.07) is 5.86. The Labute approximate surface area is 115 Å². The summed E-state index contributed by atoms with van der Waals surface area (Å²) in [5.41, 5.74) is 3.24. The maximum atomic E-state index is 5.21. The second kappa shape index (κ2) is 5.44. The van der Waals surface area contributed by atoms with Crippen molar-refractivity contribution in [2.24, 2.45) is 7.05 Å². The molecule has 0 aliphatic carbocycles. The number of hydrogen-bond acceptors (Lipinski definition) is 3. The summed E-state index contributed by atoms with van der Waals surface area (Å²) >= 11 is 3.52. The Kier molecular flexibility index (Phi) is 3.91. The van der Waals surface area contributed by atoms with Gasteiger partial charge in [0.15, 0.2) is 0 Å².